The average molecular weight is 325 g/mol. The Hall–Kier alpha value is -1.31. The maximum absolute atomic E-state index is 6.09. The molecule has 2 aromatic heterocycles. The highest BCUT2D eigenvalue weighted by atomic mass is 35.5. The third-order valence-electron chi connectivity index (χ3n) is 3.81. The molecule has 3 rings (SSSR count). The molecule has 0 saturated carbocycles. The van der Waals surface area contributed by atoms with Crippen molar-refractivity contribution >= 4 is 29.0 Å². The summed E-state index contributed by atoms with van der Waals surface area (Å²) in [4.78, 5) is 4.59. The summed E-state index contributed by atoms with van der Waals surface area (Å²) in [5, 5.41) is 12.3. The average Bonchev–Trinajstić information content (AvgIpc) is 2.93. The van der Waals surface area contributed by atoms with Gasteiger partial charge in [0.05, 0.1) is 0 Å². The lowest BCUT2D eigenvalue weighted by atomic mass is 10.0. The van der Waals surface area contributed by atoms with Gasteiger partial charge in [0.25, 0.3) is 0 Å². The maximum Gasteiger partial charge on any atom is 0.151 e. The summed E-state index contributed by atoms with van der Waals surface area (Å²) in [5.74, 6) is 0.948. The molecule has 0 radical (unpaired) electrons. The Morgan fingerprint density at radius 3 is 3.10 bits per heavy atom. The first-order chi connectivity index (χ1) is 10.2. The number of halogens is 1. The molecule has 1 aliphatic rings. The zero-order valence-corrected chi connectivity index (χ0v) is 13.4. The zero-order chi connectivity index (χ0) is 14.7. The summed E-state index contributed by atoms with van der Waals surface area (Å²) < 4.78 is 4.57. The first-order valence-corrected chi connectivity index (χ1v) is 8.09. The minimum atomic E-state index is 0.457. The van der Waals surface area contributed by atoms with Crippen molar-refractivity contribution < 1.29 is 0 Å². The maximum atomic E-state index is 6.09. The lowest BCUT2D eigenvalue weighted by molar-refractivity contribution is 0.205. The third kappa shape index (κ3) is 3.48. The molecule has 1 unspecified atom stereocenters. The van der Waals surface area contributed by atoms with Gasteiger partial charge in [-0.3, -0.25) is 4.90 Å². The molecule has 112 valence electrons. The van der Waals surface area contributed by atoms with E-state index in [2.05, 4.69) is 36.6 Å². The van der Waals surface area contributed by atoms with E-state index in [1.165, 1.54) is 18.0 Å². The number of aromatic nitrogens is 4. The lowest BCUT2D eigenvalue weighted by Gasteiger charge is -2.37. The summed E-state index contributed by atoms with van der Waals surface area (Å²) in [6, 6.07) is 4.39. The zero-order valence-electron chi connectivity index (χ0n) is 11.8. The molecule has 1 saturated heterocycles. The fourth-order valence-corrected chi connectivity index (χ4v) is 3.25. The van der Waals surface area contributed by atoms with Crippen molar-refractivity contribution in [2.24, 2.45) is 0 Å². The summed E-state index contributed by atoms with van der Waals surface area (Å²) in [6.07, 6.45) is 4.02. The van der Waals surface area contributed by atoms with Crippen molar-refractivity contribution in [3.63, 3.8) is 0 Å². The molecule has 1 fully saturated rings. The molecule has 0 bridgehead atoms. The van der Waals surface area contributed by atoms with Crippen molar-refractivity contribution in [2.45, 2.75) is 25.4 Å². The van der Waals surface area contributed by atoms with Crippen molar-refractivity contribution in [3.05, 3.63) is 28.4 Å². The second-order valence-corrected chi connectivity index (χ2v) is 6.59. The van der Waals surface area contributed by atoms with Gasteiger partial charge in [-0.2, -0.15) is 5.10 Å². The minimum absolute atomic E-state index is 0.457. The molecule has 2 aromatic rings. The molecule has 6 nitrogen and oxygen atoms in total. The standard InChI is InChI=1S/C13H17ClN6S/c1-19(9-11-13(14)21-18-16-11)10-4-3-7-20(8-10)12-5-2-6-15-17-12/h2,5-6,10H,3-4,7-9H2,1H3. The molecule has 0 aliphatic carbocycles. The van der Waals surface area contributed by atoms with Crippen LogP contribution in [0, 0.1) is 0 Å². The predicted octanol–water partition coefficient (Wildman–Crippen LogP) is 2.08. The quantitative estimate of drug-likeness (QED) is 0.858. The van der Waals surface area contributed by atoms with E-state index in [0.717, 1.165) is 37.6 Å². The summed E-state index contributed by atoms with van der Waals surface area (Å²) >= 11 is 7.32. The monoisotopic (exact) mass is 324 g/mol. The van der Waals surface area contributed by atoms with Crippen LogP contribution in [0.5, 0.6) is 0 Å². The van der Waals surface area contributed by atoms with Gasteiger partial charge in [0.15, 0.2) is 5.82 Å². The van der Waals surface area contributed by atoms with Gasteiger partial charge >= 0.3 is 0 Å². The normalized spacial score (nSPS) is 19.2. The molecule has 1 atom stereocenters. The van der Waals surface area contributed by atoms with Crippen molar-refractivity contribution in [2.75, 3.05) is 25.0 Å². The van der Waals surface area contributed by atoms with Crippen LogP contribution in [0.3, 0.4) is 0 Å². The van der Waals surface area contributed by atoms with Crippen LogP contribution in [0.1, 0.15) is 18.5 Å². The summed E-state index contributed by atoms with van der Waals surface area (Å²) in [5.41, 5.74) is 0.862. The van der Waals surface area contributed by atoms with E-state index in [4.69, 9.17) is 11.6 Å². The highest BCUT2D eigenvalue weighted by molar-refractivity contribution is 7.10. The van der Waals surface area contributed by atoms with Gasteiger partial charge in [0, 0.05) is 43.4 Å². The van der Waals surface area contributed by atoms with E-state index in [1.807, 2.05) is 12.1 Å². The van der Waals surface area contributed by atoms with E-state index in [0.29, 0.717) is 10.4 Å². The van der Waals surface area contributed by atoms with Gasteiger partial charge in [-0.15, -0.1) is 10.2 Å². The Morgan fingerprint density at radius 1 is 1.48 bits per heavy atom. The van der Waals surface area contributed by atoms with Crippen molar-refractivity contribution in [1.29, 1.82) is 0 Å². The number of hydrogen-bond acceptors (Lipinski definition) is 7. The van der Waals surface area contributed by atoms with E-state index in [-0.39, 0.29) is 0 Å². The highest BCUT2D eigenvalue weighted by Gasteiger charge is 2.25. The SMILES string of the molecule is CN(Cc1nnsc1Cl)C1CCCN(c2cccnn2)C1. The predicted molar refractivity (Wildman–Crippen MR) is 83.7 cm³/mol. The molecule has 0 N–H and O–H groups in total. The van der Waals surface area contributed by atoms with E-state index < -0.39 is 0 Å². The number of rotatable bonds is 4. The molecule has 0 aromatic carbocycles. The topological polar surface area (TPSA) is 58.0 Å². The Morgan fingerprint density at radius 2 is 2.38 bits per heavy atom. The van der Waals surface area contributed by atoms with Gasteiger partial charge in [-0.1, -0.05) is 16.1 Å². The van der Waals surface area contributed by atoms with E-state index in [1.54, 1.807) is 6.20 Å². The van der Waals surface area contributed by atoms with Crippen LogP contribution < -0.4 is 4.90 Å². The van der Waals surface area contributed by atoms with Gasteiger partial charge in [0.1, 0.15) is 10.0 Å². The Kier molecular flexibility index (Phi) is 4.62. The van der Waals surface area contributed by atoms with Gasteiger partial charge in [-0.05, 0) is 32.0 Å². The first-order valence-electron chi connectivity index (χ1n) is 6.93. The molecule has 3 heterocycles. The van der Waals surface area contributed by atoms with Crippen LogP contribution >= 0.6 is 23.1 Å². The van der Waals surface area contributed by atoms with Crippen LogP contribution in [0.4, 0.5) is 5.82 Å². The summed E-state index contributed by atoms with van der Waals surface area (Å²) in [7, 11) is 2.11. The van der Waals surface area contributed by atoms with Crippen LogP contribution in [0.15, 0.2) is 18.3 Å². The Bertz CT molecular complexity index is 577. The number of nitrogens with zero attached hydrogens (tertiary/aromatic N) is 6. The largest absolute Gasteiger partial charge is 0.354 e. The smallest absolute Gasteiger partial charge is 0.151 e. The molecule has 1 aliphatic heterocycles. The van der Waals surface area contributed by atoms with Gasteiger partial charge < -0.3 is 4.90 Å². The number of hydrogen-bond donors (Lipinski definition) is 0. The molecule has 0 spiro atoms. The van der Waals surface area contributed by atoms with Crippen molar-refractivity contribution in [3.8, 4) is 0 Å². The fraction of sp³-hybridized carbons (Fsp3) is 0.538. The fourth-order valence-electron chi connectivity index (χ4n) is 2.64. The first kappa shape index (κ1) is 14.6. The number of likely N-dealkylation sites (N-methyl/N-ethyl adjacent to an activating group) is 1. The Labute approximate surface area is 132 Å². The van der Waals surface area contributed by atoms with E-state index in [9.17, 15) is 0 Å². The van der Waals surface area contributed by atoms with Crippen LogP contribution in [-0.2, 0) is 6.54 Å². The second kappa shape index (κ2) is 6.64. The van der Waals surface area contributed by atoms with Crippen LogP contribution in [0.2, 0.25) is 4.34 Å². The van der Waals surface area contributed by atoms with Crippen LogP contribution in [-0.4, -0.2) is 50.9 Å². The third-order valence-corrected chi connectivity index (χ3v) is 4.80. The molecule has 21 heavy (non-hydrogen) atoms. The molecular weight excluding hydrogens is 308 g/mol. The number of anilines is 1. The number of piperidine rings is 1. The summed E-state index contributed by atoms with van der Waals surface area (Å²) in [6.45, 7) is 2.71. The minimum Gasteiger partial charge on any atom is -0.354 e. The van der Waals surface area contributed by atoms with E-state index >= 15 is 0 Å². The van der Waals surface area contributed by atoms with Gasteiger partial charge in [0.2, 0.25) is 0 Å². The second-order valence-electron chi connectivity index (χ2n) is 5.23. The lowest BCUT2D eigenvalue weighted by Crippen LogP contribution is -2.46. The molecule has 8 heteroatoms. The molecule has 0 amide bonds. The highest BCUT2D eigenvalue weighted by Crippen LogP contribution is 2.23. The van der Waals surface area contributed by atoms with Crippen molar-refractivity contribution in [1.82, 2.24) is 24.7 Å². The van der Waals surface area contributed by atoms with Crippen LogP contribution in [0.25, 0.3) is 0 Å². The molecular formula is C13H17ClN6S. The van der Waals surface area contributed by atoms with Gasteiger partial charge in [-0.25, -0.2) is 0 Å². The Balaban J connectivity index is 1.64.